The molecular formula is C20H23N3O3. The molecule has 136 valence electrons. The van der Waals surface area contributed by atoms with Crippen LogP contribution in [0.4, 0.5) is 0 Å². The summed E-state index contributed by atoms with van der Waals surface area (Å²) in [6, 6.07) is 11.3. The number of carboxylic acids is 1. The Morgan fingerprint density at radius 2 is 2.08 bits per heavy atom. The van der Waals surface area contributed by atoms with Gasteiger partial charge < -0.3 is 10.4 Å². The van der Waals surface area contributed by atoms with Gasteiger partial charge in [-0.3, -0.25) is 14.7 Å². The van der Waals surface area contributed by atoms with E-state index in [1.165, 1.54) is 6.92 Å². The highest BCUT2D eigenvalue weighted by atomic mass is 16.4. The van der Waals surface area contributed by atoms with E-state index in [1.807, 2.05) is 24.3 Å². The highest BCUT2D eigenvalue weighted by Gasteiger charge is 2.28. The molecule has 0 aliphatic carbocycles. The number of hydrogen-bond donors (Lipinski definition) is 2. The van der Waals surface area contributed by atoms with Gasteiger partial charge in [0.05, 0.1) is 17.3 Å². The van der Waals surface area contributed by atoms with Crippen LogP contribution in [-0.2, 0) is 17.9 Å². The molecule has 1 amide bonds. The van der Waals surface area contributed by atoms with Crippen molar-refractivity contribution in [2.45, 2.75) is 38.9 Å². The fraction of sp³-hybridized carbons (Fsp3) is 0.350. The van der Waals surface area contributed by atoms with Crippen LogP contribution in [0, 0.1) is 0 Å². The summed E-state index contributed by atoms with van der Waals surface area (Å²) in [6.07, 6.45) is 3.87. The molecule has 0 bridgehead atoms. The van der Waals surface area contributed by atoms with E-state index in [4.69, 9.17) is 0 Å². The molecule has 1 aromatic heterocycles. The van der Waals surface area contributed by atoms with E-state index >= 15 is 0 Å². The Morgan fingerprint density at radius 1 is 1.27 bits per heavy atom. The lowest BCUT2D eigenvalue weighted by atomic mass is 10.1. The predicted molar refractivity (Wildman–Crippen MR) is 97.5 cm³/mol. The second-order valence-corrected chi connectivity index (χ2v) is 6.59. The molecule has 2 heterocycles. The number of hydrogen-bond acceptors (Lipinski definition) is 4. The van der Waals surface area contributed by atoms with Crippen molar-refractivity contribution in [2.75, 3.05) is 6.54 Å². The van der Waals surface area contributed by atoms with Crippen molar-refractivity contribution in [3.8, 4) is 0 Å². The van der Waals surface area contributed by atoms with Gasteiger partial charge in [0.2, 0.25) is 5.91 Å². The normalized spacial score (nSPS) is 17.2. The van der Waals surface area contributed by atoms with Gasteiger partial charge in [0, 0.05) is 26.2 Å². The Bertz CT molecular complexity index is 789. The Labute approximate surface area is 152 Å². The molecule has 1 saturated heterocycles. The molecule has 0 spiro atoms. The predicted octanol–water partition coefficient (Wildman–Crippen LogP) is 2.75. The summed E-state index contributed by atoms with van der Waals surface area (Å²) >= 11 is 0. The summed E-state index contributed by atoms with van der Waals surface area (Å²) in [6.45, 7) is 3.49. The summed E-state index contributed by atoms with van der Waals surface area (Å²) in [7, 11) is 0. The van der Waals surface area contributed by atoms with Gasteiger partial charge in [0.25, 0.3) is 0 Å². The zero-order valence-corrected chi connectivity index (χ0v) is 14.8. The largest absolute Gasteiger partial charge is 0.478 e. The number of rotatable bonds is 6. The number of carbonyl (C=O) groups excluding carboxylic acids is 1. The Hall–Kier alpha value is -2.73. The van der Waals surface area contributed by atoms with E-state index in [9.17, 15) is 14.7 Å². The number of likely N-dealkylation sites (tertiary alicyclic amines) is 1. The van der Waals surface area contributed by atoms with Gasteiger partial charge in [-0.2, -0.15) is 0 Å². The zero-order chi connectivity index (χ0) is 18.5. The van der Waals surface area contributed by atoms with Crippen LogP contribution in [0.15, 0.2) is 42.6 Å². The van der Waals surface area contributed by atoms with Gasteiger partial charge in [-0.1, -0.05) is 24.3 Å². The Kier molecular flexibility index (Phi) is 5.63. The third kappa shape index (κ3) is 4.26. The first-order valence-corrected chi connectivity index (χ1v) is 8.79. The summed E-state index contributed by atoms with van der Waals surface area (Å²) in [5.74, 6) is -0.954. The average Bonchev–Trinajstić information content (AvgIpc) is 3.09. The van der Waals surface area contributed by atoms with Crippen LogP contribution in [0.25, 0.3) is 0 Å². The van der Waals surface area contributed by atoms with Crippen LogP contribution < -0.4 is 5.32 Å². The van der Waals surface area contributed by atoms with Crippen molar-refractivity contribution in [3.63, 3.8) is 0 Å². The lowest BCUT2D eigenvalue weighted by Crippen LogP contribution is -2.24. The third-order valence-electron chi connectivity index (χ3n) is 4.72. The lowest BCUT2D eigenvalue weighted by molar-refractivity contribution is -0.119. The maximum atomic E-state index is 11.4. The second-order valence-electron chi connectivity index (χ2n) is 6.59. The van der Waals surface area contributed by atoms with E-state index < -0.39 is 5.97 Å². The first kappa shape index (κ1) is 18.1. The monoisotopic (exact) mass is 353 g/mol. The number of carbonyl (C=O) groups is 2. The van der Waals surface area contributed by atoms with E-state index in [0.717, 1.165) is 36.2 Å². The number of carboxylic acid groups (broad SMARTS) is 1. The highest BCUT2D eigenvalue weighted by molar-refractivity contribution is 5.89. The maximum Gasteiger partial charge on any atom is 0.336 e. The molecule has 0 radical (unpaired) electrons. The minimum Gasteiger partial charge on any atom is -0.478 e. The summed E-state index contributed by atoms with van der Waals surface area (Å²) in [4.78, 5) is 29.3. The molecule has 26 heavy (non-hydrogen) atoms. The SMILES string of the molecule is CC(=O)NCc1ccc([C@H]2CCCN2Cc2ccccc2C(=O)O)nc1. The maximum absolute atomic E-state index is 11.4. The smallest absolute Gasteiger partial charge is 0.336 e. The number of aromatic carboxylic acids is 1. The van der Waals surface area contributed by atoms with Gasteiger partial charge in [-0.15, -0.1) is 0 Å². The van der Waals surface area contributed by atoms with Crippen LogP contribution >= 0.6 is 0 Å². The molecule has 1 aromatic carbocycles. The molecule has 1 aliphatic rings. The van der Waals surface area contributed by atoms with E-state index in [-0.39, 0.29) is 11.9 Å². The van der Waals surface area contributed by atoms with E-state index in [1.54, 1.807) is 18.3 Å². The average molecular weight is 353 g/mol. The highest BCUT2D eigenvalue weighted by Crippen LogP contribution is 2.32. The fourth-order valence-electron chi connectivity index (χ4n) is 3.40. The molecule has 3 rings (SSSR count). The second kappa shape index (κ2) is 8.10. The number of nitrogens with zero attached hydrogens (tertiary/aromatic N) is 2. The summed E-state index contributed by atoms with van der Waals surface area (Å²) in [5, 5.41) is 12.1. The number of aromatic nitrogens is 1. The number of pyridine rings is 1. The van der Waals surface area contributed by atoms with E-state index in [0.29, 0.717) is 18.7 Å². The van der Waals surface area contributed by atoms with Crippen LogP contribution in [0.5, 0.6) is 0 Å². The van der Waals surface area contributed by atoms with Crippen molar-refractivity contribution in [2.24, 2.45) is 0 Å². The topological polar surface area (TPSA) is 82.5 Å². The standard InChI is InChI=1S/C20H23N3O3/c1-14(24)21-11-15-8-9-18(22-12-15)19-7-4-10-23(19)13-16-5-2-3-6-17(16)20(25)26/h2-3,5-6,8-9,12,19H,4,7,10-11,13H2,1H3,(H,21,24)(H,25,26)/t19-/m1/s1. The van der Waals surface area contributed by atoms with Crippen LogP contribution in [-0.4, -0.2) is 33.4 Å². The fourth-order valence-corrected chi connectivity index (χ4v) is 3.40. The van der Waals surface area contributed by atoms with Crippen LogP contribution in [0.2, 0.25) is 0 Å². The molecule has 1 atom stereocenters. The molecular weight excluding hydrogens is 330 g/mol. The van der Waals surface area contributed by atoms with Gasteiger partial charge in [-0.25, -0.2) is 4.79 Å². The number of amides is 1. The minimum atomic E-state index is -0.892. The van der Waals surface area contributed by atoms with Crippen molar-refractivity contribution in [1.82, 2.24) is 15.2 Å². The Morgan fingerprint density at radius 3 is 2.77 bits per heavy atom. The van der Waals surface area contributed by atoms with Gasteiger partial charge >= 0.3 is 5.97 Å². The first-order chi connectivity index (χ1) is 12.5. The molecule has 0 unspecified atom stereocenters. The number of nitrogens with one attached hydrogen (secondary N) is 1. The quantitative estimate of drug-likeness (QED) is 0.834. The van der Waals surface area contributed by atoms with Crippen molar-refractivity contribution >= 4 is 11.9 Å². The van der Waals surface area contributed by atoms with Crippen molar-refractivity contribution < 1.29 is 14.7 Å². The first-order valence-electron chi connectivity index (χ1n) is 8.79. The number of benzene rings is 1. The summed E-state index contributed by atoms with van der Waals surface area (Å²) in [5.41, 5.74) is 3.14. The van der Waals surface area contributed by atoms with Gasteiger partial charge in [-0.05, 0) is 42.6 Å². The van der Waals surface area contributed by atoms with Gasteiger partial charge in [0.1, 0.15) is 0 Å². The minimum absolute atomic E-state index is 0.0619. The molecule has 6 nitrogen and oxygen atoms in total. The van der Waals surface area contributed by atoms with Crippen LogP contribution in [0.1, 0.15) is 53.0 Å². The molecule has 1 fully saturated rings. The van der Waals surface area contributed by atoms with Gasteiger partial charge in [0.15, 0.2) is 0 Å². The molecule has 6 heteroatoms. The molecule has 2 N–H and O–H groups in total. The lowest BCUT2D eigenvalue weighted by Gasteiger charge is -2.25. The third-order valence-corrected chi connectivity index (χ3v) is 4.72. The molecule has 2 aromatic rings. The van der Waals surface area contributed by atoms with Crippen molar-refractivity contribution in [1.29, 1.82) is 0 Å². The van der Waals surface area contributed by atoms with Crippen molar-refractivity contribution in [3.05, 3.63) is 65.0 Å². The zero-order valence-electron chi connectivity index (χ0n) is 14.8. The summed E-state index contributed by atoms with van der Waals surface area (Å²) < 4.78 is 0. The molecule has 1 aliphatic heterocycles. The molecule has 0 saturated carbocycles. The Balaban J connectivity index is 1.72. The van der Waals surface area contributed by atoms with E-state index in [2.05, 4.69) is 15.2 Å². The van der Waals surface area contributed by atoms with Crippen LogP contribution in [0.3, 0.4) is 0 Å².